The number of unbranched alkanes of at least 4 members (excludes halogenated alkanes) is 1. The molecule has 0 saturated carbocycles. The molecule has 9 heteroatoms. The van der Waals surface area contributed by atoms with Crippen LogP contribution in [-0.2, 0) is 29.4 Å². The van der Waals surface area contributed by atoms with E-state index in [4.69, 9.17) is 19.3 Å². The molecule has 0 aliphatic heterocycles. The first-order valence-corrected chi connectivity index (χ1v) is 14.4. The zero-order valence-electron chi connectivity index (χ0n) is 23.1. The van der Waals surface area contributed by atoms with E-state index in [2.05, 4.69) is 46.9 Å². The van der Waals surface area contributed by atoms with E-state index in [1.54, 1.807) is 12.3 Å². The van der Waals surface area contributed by atoms with E-state index in [9.17, 15) is 9.59 Å². The third-order valence-electron chi connectivity index (χ3n) is 6.23. The Morgan fingerprint density at radius 3 is 1.93 bits per heavy atom. The minimum atomic E-state index is -0.793. The van der Waals surface area contributed by atoms with Crippen LogP contribution < -0.4 is 5.32 Å². The average Bonchev–Trinajstić information content (AvgIpc) is 3.47. The van der Waals surface area contributed by atoms with E-state index in [1.807, 2.05) is 61.5 Å². The molecule has 0 spiro atoms. The molecule has 0 fully saturated rings. The number of hydrogen-bond acceptors (Lipinski definition) is 9. The van der Waals surface area contributed by atoms with Gasteiger partial charge in [-0.25, -0.2) is 14.6 Å². The maximum absolute atomic E-state index is 12.8. The lowest BCUT2D eigenvalue weighted by atomic mass is 9.77. The quantitative estimate of drug-likeness (QED) is 0.0635. The van der Waals surface area contributed by atoms with Crippen LogP contribution in [0.15, 0.2) is 102 Å². The van der Waals surface area contributed by atoms with Gasteiger partial charge in [0.25, 0.3) is 0 Å². The number of aromatic nitrogens is 1. The normalized spacial score (nSPS) is 11.5. The maximum Gasteiger partial charge on any atom is 0.362 e. The molecule has 0 bridgehead atoms. The number of anilines is 1. The summed E-state index contributed by atoms with van der Waals surface area (Å²) < 4.78 is 10.3. The summed E-state index contributed by atoms with van der Waals surface area (Å²) in [6.45, 7) is 3.72. The van der Waals surface area contributed by atoms with Crippen LogP contribution in [0.1, 0.15) is 49.1 Å². The van der Waals surface area contributed by atoms with Crippen LogP contribution in [0, 0.1) is 0 Å². The lowest BCUT2D eigenvalue weighted by Gasteiger charge is -2.36. The van der Waals surface area contributed by atoms with E-state index in [-0.39, 0.29) is 18.0 Å². The third-order valence-corrected chi connectivity index (χ3v) is 6.99. The van der Waals surface area contributed by atoms with Crippen LogP contribution >= 0.6 is 11.3 Å². The molecule has 212 valence electrons. The Morgan fingerprint density at radius 2 is 1.41 bits per heavy atom. The fourth-order valence-corrected chi connectivity index (χ4v) is 5.04. The van der Waals surface area contributed by atoms with Crippen molar-refractivity contribution < 1.29 is 23.9 Å². The number of carbonyl (C=O) groups excluding carboxylic acids is 2. The highest BCUT2D eigenvalue weighted by Gasteiger charge is 2.37. The van der Waals surface area contributed by atoms with Crippen molar-refractivity contribution in [1.29, 1.82) is 0 Å². The molecule has 1 heterocycles. The van der Waals surface area contributed by atoms with Gasteiger partial charge in [0.2, 0.25) is 12.3 Å². The van der Waals surface area contributed by atoms with Crippen molar-refractivity contribution in [3.8, 4) is 0 Å². The Balaban J connectivity index is 1.70. The minimum absolute atomic E-state index is 0.137. The molecule has 3 aromatic carbocycles. The van der Waals surface area contributed by atoms with Crippen molar-refractivity contribution in [2.24, 2.45) is 5.16 Å². The molecule has 1 aromatic heterocycles. The molecule has 0 amide bonds. The summed E-state index contributed by atoms with van der Waals surface area (Å²) in [6, 6.07) is 30.4. The predicted molar refractivity (Wildman–Crippen MR) is 160 cm³/mol. The lowest BCUT2D eigenvalue weighted by Crippen LogP contribution is -2.38. The molecule has 0 aliphatic carbocycles. The zero-order valence-corrected chi connectivity index (χ0v) is 23.9. The number of esters is 2. The molecule has 0 aliphatic rings. The van der Waals surface area contributed by atoms with Crippen molar-refractivity contribution in [1.82, 2.24) is 4.98 Å². The number of nitrogens with zero attached hydrogens (tertiary/aromatic N) is 2. The Hall–Kier alpha value is -4.50. The van der Waals surface area contributed by atoms with Crippen LogP contribution in [0.5, 0.6) is 0 Å². The van der Waals surface area contributed by atoms with Gasteiger partial charge in [-0.3, -0.25) is 0 Å². The predicted octanol–water partition coefficient (Wildman–Crippen LogP) is 6.17. The van der Waals surface area contributed by atoms with Gasteiger partial charge < -0.3 is 19.6 Å². The summed E-state index contributed by atoms with van der Waals surface area (Å²) in [5.41, 5.74) is 2.37. The standard InChI is InChI=1S/C32H33N3O5S/c1-3-5-21-39-28(36)22-40-35-29(30(37)38-4-2)27-23-41-31(33-27)34-32(24-15-9-6-10-16-24,25-17-11-7-12-18-25)26-19-13-8-14-20-26/h6-20,23H,3-5,21-22H2,1-2H3,(H,33,34). The lowest BCUT2D eigenvalue weighted by molar-refractivity contribution is -0.149. The molecular weight excluding hydrogens is 538 g/mol. The number of oxime groups is 1. The number of benzene rings is 3. The van der Waals surface area contributed by atoms with Crippen molar-refractivity contribution in [2.75, 3.05) is 25.1 Å². The van der Waals surface area contributed by atoms with Gasteiger partial charge in [0, 0.05) is 5.38 Å². The van der Waals surface area contributed by atoms with E-state index in [1.165, 1.54) is 11.3 Å². The van der Waals surface area contributed by atoms with E-state index in [0.717, 1.165) is 29.5 Å². The van der Waals surface area contributed by atoms with Gasteiger partial charge in [-0.1, -0.05) is 109 Å². The second-order valence-corrected chi connectivity index (χ2v) is 9.88. The first kappa shape index (κ1) is 29.5. The van der Waals surface area contributed by atoms with Crippen molar-refractivity contribution >= 4 is 34.1 Å². The number of thiazole rings is 1. The highest BCUT2D eigenvalue weighted by Crippen LogP contribution is 2.40. The van der Waals surface area contributed by atoms with Crippen LogP contribution in [0.2, 0.25) is 0 Å². The van der Waals surface area contributed by atoms with Gasteiger partial charge in [-0.2, -0.15) is 0 Å². The number of hydrogen-bond donors (Lipinski definition) is 1. The Morgan fingerprint density at radius 1 is 0.854 bits per heavy atom. The largest absolute Gasteiger partial charge is 0.463 e. The number of rotatable bonds is 14. The van der Waals surface area contributed by atoms with Gasteiger partial charge in [-0.15, -0.1) is 11.3 Å². The van der Waals surface area contributed by atoms with Crippen molar-refractivity contribution in [2.45, 2.75) is 32.2 Å². The number of ether oxygens (including phenoxy) is 2. The second kappa shape index (κ2) is 14.8. The highest BCUT2D eigenvalue weighted by atomic mass is 32.1. The smallest absolute Gasteiger partial charge is 0.362 e. The summed E-state index contributed by atoms with van der Waals surface area (Å²) in [5, 5.41) is 9.85. The molecule has 1 N–H and O–H groups in total. The number of carbonyl (C=O) groups is 2. The summed E-state index contributed by atoms with van der Waals surface area (Å²) in [4.78, 5) is 34.6. The van der Waals surface area contributed by atoms with Gasteiger partial charge >= 0.3 is 11.9 Å². The first-order chi connectivity index (χ1) is 20.1. The maximum atomic E-state index is 12.8. The van der Waals surface area contributed by atoms with Crippen LogP contribution in [0.25, 0.3) is 0 Å². The summed E-state index contributed by atoms with van der Waals surface area (Å²) >= 11 is 1.32. The van der Waals surface area contributed by atoms with Gasteiger partial charge in [0.15, 0.2) is 5.13 Å². The molecule has 4 rings (SSSR count). The fourth-order valence-electron chi connectivity index (χ4n) is 4.29. The van der Waals surface area contributed by atoms with Gasteiger partial charge in [0.1, 0.15) is 11.2 Å². The van der Waals surface area contributed by atoms with E-state index >= 15 is 0 Å². The second-order valence-electron chi connectivity index (χ2n) is 9.02. The Bertz CT molecular complexity index is 1330. The van der Waals surface area contributed by atoms with Crippen LogP contribution in [-0.4, -0.2) is 42.5 Å². The molecule has 4 aromatic rings. The van der Waals surface area contributed by atoms with Crippen molar-refractivity contribution in [3.05, 3.63) is 119 Å². The third kappa shape index (κ3) is 7.37. The monoisotopic (exact) mass is 571 g/mol. The van der Waals surface area contributed by atoms with Crippen LogP contribution in [0.3, 0.4) is 0 Å². The Labute approximate surface area is 244 Å². The fraction of sp³-hybridized carbons (Fsp3) is 0.250. The van der Waals surface area contributed by atoms with Gasteiger partial charge in [-0.05, 0) is 30.0 Å². The van der Waals surface area contributed by atoms with E-state index in [0.29, 0.717) is 11.7 Å². The zero-order chi connectivity index (χ0) is 28.9. The van der Waals surface area contributed by atoms with Crippen LogP contribution in [0.4, 0.5) is 5.13 Å². The van der Waals surface area contributed by atoms with E-state index < -0.39 is 24.1 Å². The van der Waals surface area contributed by atoms with Gasteiger partial charge in [0.05, 0.1) is 13.2 Å². The first-order valence-electron chi connectivity index (χ1n) is 13.5. The summed E-state index contributed by atoms with van der Waals surface area (Å²) in [7, 11) is 0. The highest BCUT2D eigenvalue weighted by molar-refractivity contribution is 7.14. The topological polar surface area (TPSA) is 99.1 Å². The van der Waals surface area contributed by atoms with Crippen molar-refractivity contribution in [3.63, 3.8) is 0 Å². The summed E-state index contributed by atoms with van der Waals surface area (Å²) in [5.74, 6) is -1.27. The Kier molecular flexibility index (Phi) is 10.6. The molecular formula is C32H33N3O5S. The molecule has 8 nitrogen and oxygen atoms in total. The molecule has 41 heavy (non-hydrogen) atoms. The molecule has 0 saturated heterocycles. The summed E-state index contributed by atoms with van der Waals surface area (Å²) in [6.07, 6.45) is 1.66. The molecule has 0 radical (unpaired) electrons. The average molecular weight is 572 g/mol. The molecule has 0 unspecified atom stereocenters. The number of nitrogens with one attached hydrogen (secondary N) is 1. The molecule has 0 atom stereocenters. The minimum Gasteiger partial charge on any atom is -0.463 e. The SMILES string of the molecule is CCCCOC(=O)CON=C(C(=O)OCC)c1csc(NC(c2ccccc2)(c2ccccc2)c2ccccc2)n1.